The number of morpholine rings is 1. The van der Waals surface area contributed by atoms with E-state index in [0.717, 1.165) is 50.7 Å². The van der Waals surface area contributed by atoms with Crippen LogP contribution in [0.1, 0.15) is 18.5 Å². The summed E-state index contributed by atoms with van der Waals surface area (Å²) in [5, 5.41) is 0. The zero-order valence-corrected chi connectivity index (χ0v) is 10.8. The van der Waals surface area contributed by atoms with Crippen molar-refractivity contribution in [1.82, 2.24) is 4.98 Å². The summed E-state index contributed by atoms with van der Waals surface area (Å²) in [6.45, 7) is 5.48. The number of aromatic nitrogens is 1. The third-order valence-electron chi connectivity index (χ3n) is 3.67. The monoisotopic (exact) mass is 248 g/mol. The molecule has 0 spiro atoms. The van der Waals surface area contributed by atoms with Gasteiger partial charge in [-0.25, -0.2) is 4.98 Å². The quantitative estimate of drug-likeness (QED) is 0.799. The Balaban J connectivity index is 1.69. The van der Waals surface area contributed by atoms with Gasteiger partial charge in [-0.3, -0.25) is 0 Å². The fourth-order valence-electron chi connectivity index (χ4n) is 2.71. The minimum absolute atomic E-state index is 0.198. The highest BCUT2D eigenvalue weighted by Crippen LogP contribution is 2.23. The molecule has 0 saturated carbocycles. The molecule has 4 heteroatoms. The van der Waals surface area contributed by atoms with Crippen LogP contribution in [-0.2, 0) is 9.47 Å². The minimum Gasteiger partial charge on any atom is -0.375 e. The molecule has 0 bridgehead atoms. The van der Waals surface area contributed by atoms with E-state index in [9.17, 15) is 0 Å². The van der Waals surface area contributed by atoms with Crippen molar-refractivity contribution >= 4 is 5.82 Å². The molecule has 3 rings (SSSR count). The third-order valence-corrected chi connectivity index (χ3v) is 3.67. The molecule has 0 aliphatic carbocycles. The van der Waals surface area contributed by atoms with E-state index in [2.05, 4.69) is 22.0 Å². The maximum Gasteiger partial charge on any atom is 0.128 e. The number of anilines is 1. The third kappa shape index (κ3) is 2.49. The molecule has 0 amide bonds. The van der Waals surface area contributed by atoms with Gasteiger partial charge in [-0.2, -0.15) is 0 Å². The first-order chi connectivity index (χ1) is 8.83. The molecule has 2 fully saturated rings. The number of pyridine rings is 1. The van der Waals surface area contributed by atoms with Gasteiger partial charge in [-0.05, 0) is 31.9 Å². The van der Waals surface area contributed by atoms with Crippen LogP contribution in [0.2, 0.25) is 0 Å². The van der Waals surface area contributed by atoms with E-state index in [1.54, 1.807) is 0 Å². The zero-order valence-electron chi connectivity index (χ0n) is 10.8. The van der Waals surface area contributed by atoms with Crippen LogP contribution in [-0.4, -0.2) is 43.5 Å². The Hall–Kier alpha value is -1.13. The lowest BCUT2D eigenvalue weighted by atomic mass is 10.1. The second-order valence-corrected chi connectivity index (χ2v) is 5.04. The van der Waals surface area contributed by atoms with Gasteiger partial charge >= 0.3 is 0 Å². The van der Waals surface area contributed by atoms with Crippen LogP contribution in [0.3, 0.4) is 0 Å². The van der Waals surface area contributed by atoms with E-state index in [-0.39, 0.29) is 12.2 Å². The van der Waals surface area contributed by atoms with Crippen LogP contribution in [0.4, 0.5) is 5.82 Å². The first-order valence-corrected chi connectivity index (χ1v) is 6.75. The van der Waals surface area contributed by atoms with Gasteiger partial charge in [-0.1, -0.05) is 6.07 Å². The van der Waals surface area contributed by atoms with Gasteiger partial charge in [0.05, 0.1) is 12.7 Å². The number of nitrogens with zero attached hydrogens (tertiary/aromatic N) is 2. The highest BCUT2D eigenvalue weighted by Gasteiger charge is 2.31. The molecular weight excluding hydrogens is 228 g/mol. The Labute approximate surface area is 108 Å². The van der Waals surface area contributed by atoms with Crippen molar-refractivity contribution in [3.63, 3.8) is 0 Å². The summed E-state index contributed by atoms with van der Waals surface area (Å²) >= 11 is 0. The molecule has 18 heavy (non-hydrogen) atoms. The Morgan fingerprint density at radius 2 is 2.11 bits per heavy atom. The summed E-state index contributed by atoms with van der Waals surface area (Å²) in [6, 6.07) is 6.17. The molecule has 4 nitrogen and oxygen atoms in total. The molecule has 2 saturated heterocycles. The van der Waals surface area contributed by atoms with E-state index < -0.39 is 0 Å². The smallest absolute Gasteiger partial charge is 0.128 e. The lowest BCUT2D eigenvalue weighted by Gasteiger charge is -2.36. The predicted octanol–water partition coefficient (Wildman–Crippen LogP) is 1.77. The molecule has 1 aromatic rings. The van der Waals surface area contributed by atoms with E-state index in [1.807, 2.05) is 13.0 Å². The summed E-state index contributed by atoms with van der Waals surface area (Å²) in [5.74, 6) is 1.06. The van der Waals surface area contributed by atoms with E-state index >= 15 is 0 Å². The normalized spacial score (nSPS) is 28.6. The van der Waals surface area contributed by atoms with Gasteiger partial charge < -0.3 is 14.4 Å². The topological polar surface area (TPSA) is 34.6 Å². The molecule has 98 valence electrons. The lowest BCUT2D eigenvalue weighted by Crippen LogP contribution is -2.48. The SMILES string of the molecule is Cc1cccc(N2CCO[C@@H]([C@@H]3CCCO3)C2)n1. The minimum atomic E-state index is 0.198. The van der Waals surface area contributed by atoms with Crippen molar-refractivity contribution in [2.75, 3.05) is 31.2 Å². The second kappa shape index (κ2) is 5.24. The Bertz CT molecular complexity index is 405. The Morgan fingerprint density at radius 1 is 1.22 bits per heavy atom. The molecule has 0 N–H and O–H groups in total. The molecule has 0 unspecified atom stereocenters. The first kappa shape index (κ1) is 11.9. The average molecular weight is 248 g/mol. The molecule has 0 radical (unpaired) electrons. The fraction of sp³-hybridized carbons (Fsp3) is 0.643. The highest BCUT2D eigenvalue weighted by atomic mass is 16.5. The largest absolute Gasteiger partial charge is 0.375 e. The summed E-state index contributed by atoms with van der Waals surface area (Å²) in [6.07, 6.45) is 2.76. The second-order valence-electron chi connectivity index (χ2n) is 5.04. The molecular formula is C14H20N2O2. The van der Waals surface area contributed by atoms with Gasteiger partial charge in [0.15, 0.2) is 0 Å². The van der Waals surface area contributed by atoms with Crippen molar-refractivity contribution in [2.45, 2.75) is 32.0 Å². The Kier molecular flexibility index (Phi) is 3.48. The predicted molar refractivity (Wildman–Crippen MR) is 69.9 cm³/mol. The summed E-state index contributed by atoms with van der Waals surface area (Å²) in [7, 11) is 0. The van der Waals surface area contributed by atoms with Crippen LogP contribution in [0.25, 0.3) is 0 Å². The first-order valence-electron chi connectivity index (χ1n) is 6.75. The van der Waals surface area contributed by atoms with Gasteiger partial charge in [-0.15, -0.1) is 0 Å². The summed E-state index contributed by atoms with van der Waals surface area (Å²) in [5.41, 5.74) is 1.06. The maximum absolute atomic E-state index is 5.85. The van der Waals surface area contributed by atoms with Crippen LogP contribution in [0, 0.1) is 6.92 Å². The number of rotatable bonds is 2. The van der Waals surface area contributed by atoms with Crippen molar-refractivity contribution in [3.05, 3.63) is 23.9 Å². The maximum atomic E-state index is 5.85. The van der Waals surface area contributed by atoms with Gasteiger partial charge in [0.25, 0.3) is 0 Å². The van der Waals surface area contributed by atoms with Crippen molar-refractivity contribution in [3.8, 4) is 0 Å². The molecule has 3 heterocycles. The van der Waals surface area contributed by atoms with Gasteiger partial charge in [0.2, 0.25) is 0 Å². The number of ether oxygens (including phenoxy) is 2. The fourth-order valence-corrected chi connectivity index (χ4v) is 2.71. The molecule has 2 atom stereocenters. The Morgan fingerprint density at radius 3 is 2.89 bits per heavy atom. The molecule has 2 aliphatic heterocycles. The zero-order chi connectivity index (χ0) is 12.4. The number of hydrogen-bond donors (Lipinski definition) is 0. The van der Waals surface area contributed by atoms with Gasteiger partial charge in [0, 0.05) is 25.4 Å². The molecule has 2 aliphatic rings. The van der Waals surface area contributed by atoms with Crippen LogP contribution < -0.4 is 4.90 Å². The number of hydrogen-bond acceptors (Lipinski definition) is 4. The van der Waals surface area contributed by atoms with E-state index in [1.165, 1.54) is 0 Å². The average Bonchev–Trinajstić information content (AvgIpc) is 2.93. The van der Waals surface area contributed by atoms with Crippen molar-refractivity contribution < 1.29 is 9.47 Å². The van der Waals surface area contributed by atoms with Gasteiger partial charge in [0.1, 0.15) is 11.9 Å². The van der Waals surface area contributed by atoms with E-state index in [0.29, 0.717) is 0 Å². The van der Waals surface area contributed by atoms with Crippen LogP contribution in [0.15, 0.2) is 18.2 Å². The number of aryl methyl sites for hydroxylation is 1. The van der Waals surface area contributed by atoms with Crippen molar-refractivity contribution in [1.29, 1.82) is 0 Å². The standard InChI is InChI=1S/C14H20N2O2/c1-11-4-2-6-14(15-11)16-7-9-18-13(10-16)12-5-3-8-17-12/h2,4,6,12-13H,3,5,7-10H2,1H3/t12-,13+/m0/s1. The van der Waals surface area contributed by atoms with E-state index in [4.69, 9.17) is 9.47 Å². The molecule has 1 aromatic heterocycles. The molecule has 0 aromatic carbocycles. The summed E-state index contributed by atoms with van der Waals surface area (Å²) < 4.78 is 11.6. The summed E-state index contributed by atoms with van der Waals surface area (Å²) in [4.78, 5) is 6.90. The van der Waals surface area contributed by atoms with Crippen LogP contribution in [0.5, 0.6) is 0 Å². The highest BCUT2D eigenvalue weighted by molar-refractivity contribution is 5.39. The lowest BCUT2D eigenvalue weighted by molar-refractivity contribution is -0.0544. The van der Waals surface area contributed by atoms with Crippen molar-refractivity contribution in [2.24, 2.45) is 0 Å². The van der Waals surface area contributed by atoms with Crippen LogP contribution >= 0.6 is 0 Å².